The van der Waals surface area contributed by atoms with Crippen molar-refractivity contribution in [3.63, 3.8) is 0 Å². The molecule has 7 nitrogen and oxygen atoms in total. The normalized spacial score (nSPS) is 14.9. The molecule has 1 saturated heterocycles. The molecule has 2 N–H and O–H groups in total. The predicted molar refractivity (Wildman–Crippen MR) is 94.4 cm³/mol. The fourth-order valence-corrected chi connectivity index (χ4v) is 2.76. The SMILES string of the molecule is Oc1c(Cl)cc(Cl)cc1/C=N\Nc1ncc(F)c(N2CCOCC2)n1. The number of hydrogen-bond donors (Lipinski definition) is 2. The van der Waals surface area contributed by atoms with E-state index < -0.39 is 5.82 Å². The second-order valence-corrected chi connectivity index (χ2v) is 6.00. The number of aromatic hydroxyl groups is 1. The van der Waals surface area contributed by atoms with Crippen LogP contribution in [0, 0.1) is 5.82 Å². The van der Waals surface area contributed by atoms with Gasteiger partial charge in [0.05, 0.1) is 30.6 Å². The average molecular weight is 386 g/mol. The number of halogens is 3. The van der Waals surface area contributed by atoms with Gasteiger partial charge in [-0.1, -0.05) is 23.2 Å². The van der Waals surface area contributed by atoms with Gasteiger partial charge in [0.1, 0.15) is 5.75 Å². The van der Waals surface area contributed by atoms with Gasteiger partial charge in [-0.2, -0.15) is 10.1 Å². The Hall–Kier alpha value is -2.16. The molecule has 0 bridgehead atoms. The Bertz CT molecular complexity index is 800. The lowest BCUT2D eigenvalue weighted by Crippen LogP contribution is -2.37. The first-order chi connectivity index (χ1) is 12.0. The summed E-state index contributed by atoms with van der Waals surface area (Å²) < 4.78 is 19.2. The molecule has 132 valence electrons. The lowest BCUT2D eigenvalue weighted by Gasteiger charge is -2.27. The molecule has 1 aromatic heterocycles. The van der Waals surface area contributed by atoms with Crippen molar-refractivity contribution < 1.29 is 14.2 Å². The molecule has 1 aromatic carbocycles. The summed E-state index contributed by atoms with van der Waals surface area (Å²) in [6, 6.07) is 2.92. The van der Waals surface area contributed by atoms with Gasteiger partial charge in [0.15, 0.2) is 11.6 Å². The minimum Gasteiger partial charge on any atom is -0.506 e. The highest BCUT2D eigenvalue weighted by molar-refractivity contribution is 6.36. The van der Waals surface area contributed by atoms with Crippen LogP contribution in [0.25, 0.3) is 0 Å². The Morgan fingerprint density at radius 1 is 1.32 bits per heavy atom. The molecule has 0 aliphatic carbocycles. The number of nitrogens with one attached hydrogen (secondary N) is 1. The zero-order chi connectivity index (χ0) is 17.8. The number of phenolic OH excluding ortho intramolecular Hbond substituents is 1. The number of anilines is 2. The molecular formula is C15H14Cl2FN5O2. The van der Waals surface area contributed by atoms with Gasteiger partial charge in [0, 0.05) is 23.7 Å². The Balaban J connectivity index is 1.75. The van der Waals surface area contributed by atoms with Crippen molar-refractivity contribution in [1.29, 1.82) is 0 Å². The molecule has 0 amide bonds. The fraction of sp³-hybridized carbons (Fsp3) is 0.267. The van der Waals surface area contributed by atoms with Crippen LogP contribution in [-0.2, 0) is 4.74 Å². The Morgan fingerprint density at radius 3 is 2.84 bits per heavy atom. The summed E-state index contributed by atoms with van der Waals surface area (Å²) in [6.45, 7) is 2.12. The van der Waals surface area contributed by atoms with E-state index in [-0.39, 0.29) is 22.5 Å². The van der Waals surface area contributed by atoms with E-state index in [2.05, 4.69) is 20.5 Å². The van der Waals surface area contributed by atoms with Crippen LogP contribution in [0.1, 0.15) is 5.56 Å². The van der Waals surface area contributed by atoms with Gasteiger partial charge >= 0.3 is 0 Å². The number of rotatable bonds is 4. The largest absolute Gasteiger partial charge is 0.506 e. The topological polar surface area (TPSA) is 82.9 Å². The maximum absolute atomic E-state index is 13.9. The van der Waals surface area contributed by atoms with E-state index in [1.54, 1.807) is 4.90 Å². The number of ether oxygens (including phenoxy) is 1. The van der Waals surface area contributed by atoms with E-state index in [0.29, 0.717) is 36.9 Å². The summed E-state index contributed by atoms with van der Waals surface area (Å²) in [6.07, 6.45) is 2.39. The van der Waals surface area contributed by atoms with Gasteiger partial charge in [0.25, 0.3) is 0 Å². The smallest absolute Gasteiger partial charge is 0.245 e. The van der Waals surface area contributed by atoms with Crippen molar-refractivity contribution in [2.75, 3.05) is 36.6 Å². The van der Waals surface area contributed by atoms with E-state index in [9.17, 15) is 9.50 Å². The Morgan fingerprint density at radius 2 is 2.08 bits per heavy atom. The Labute approximate surface area is 153 Å². The highest BCUT2D eigenvalue weighted by Crippen LogP contribution is 2.30. The van der Waals surface area contributed by atoms with Crippen molar-refractivity contribution in [2.45, 2.75) is 0 Å². The fourth-order valence-electron chi connectivity index (χ4n) is 2.25. The second kappa shape index (κ2) is 7.81. The number of hydrazone groups is 1. The minimum absolute atomic E-state index is 0.113. The van der Waals surface area contributed by atoms with Crippen LogP contribution in [0.3, 0.4) is 0 Å². The van der Waals surface area contributed by atoms with Crippen LogP contribution in [0.2, 0.25) is 10.0 Å². The molecule has 0 unspecified atom stereocenters. The molecule has 0 saturated carbocycles. The van der Waals surface area contributed by atoms with Crippen molar-refractivity contribution >= 4 is 41.2 Å². The highest BCUT2D eigenvalue weighted by Gasteiger charge is 2.17. The predicted octanol–water partition coefficient (Wildman–Crippen LogP) is 2.91. The summed E-state index contributed by atoms with van der Waals surface area (Å²) in [5, 5.41) is 14.3. The third-order valence-electron chi connectivity index (χ3n) is 3.46. The lowest BCUT2D eigenvalue weighted by atomic mass is 10.2. The first-order valence-corrected chi connectivity index (χ1v) is 8.12. The Kier molecular flexibility index (Phi) is 5.52. The second-order valence-electron chi connectivity index (χ2n) is 5.16. The molecule has 0 atom stereocenters. The van der Waals surface area contributed by atoms with Gasteiger partial charge < -0.3 is 14.7 Å². The molecule has 0 radical (unpaired) electrons. The van der Waals surface area contributed by atoms with Crippen molar-refractivity contribution in [3.05, 3.63) is 39.8 Å². The molecule has 1 aliphatic rings. The third kappa shape index (κ3) is 4.28. The zero-order valence-corrected chi connectivity index (χ0v) is 14.4. The van der Waals surface area contributed by atoms with E-state index in [0.717, 1.165) is 6.20 Å². The maximum Gasteiger partial charge on any atom is 0.245 e. The lowest BCUT2D eigenvalue weighted by molar-refractivity contribution is 0.122. The summed E-state index contributed by atoms with van der Waals surface area (Å²) in [5.74, 6) is -0.363. The van der Waals surface area contributed by atoms with Crippen LogP contribution < -0.4 is 10.3 Å². The molecule has 25 heavy (non-hydrogen) atoms. The van der Waals surface area contributed by atoms with Gasteiger partial charge in [-0.3, -0.25) is 0 Å². The average Bonchev–Trinajstić information content (AvgIpc) is 2.61. The van der Waals surface area contributed by atoms with Gasteiger partial charge in [-0.05, 0) is 12.1 Å². The monoisotopic (exact) mass is 385 g/mol. The quantitative estimate of drug-likeness (QED) is 0.621. The first-order valence-electron chi connectivity index (χ1n) is 7.37. The first kappa shape index (κ1) is 17.7. The van der Waals surface area contributed by atoms with E-state index in [1.807, 2.05) is 0 Å². The molecular weight excluding hydrogens is 372 g/mol. The maximum atomic E-state index is 13.9. The van der Waals surface area contributed by atoms with Crippen LogP contribution in [0.5, 0.6) is 5.75 Å². The summed E-state index contributed by atoms with van der Waals surface area (Å²) in [4.78, 5) is 9.74. The van der Waals surface area contributed by atoms with Crippen LogP contribution in [0.4, 0.5) is 16.2 Å². The number of aromatic nitrogens is 2. The van der Waals surface area contributed by atoms with E-state index in [1.165, 1.54) is 18.3 Å². The number of benzene rings is 1. The molecule has 3 rings (SSSR count). The van der Waals surface area contributed by atoms with Gasteiger partial charge in [0.2, 0.25) is 5.95 Å². The number of morpholine rings is 1. The molecule has 2 heterocycles. The molecule has 1 fully saturated rings. The number of nitrogens with zero attached hydrogens (tertiary/aromatic N) is 4. The van der Waals surface area contributed by atoms with Crippen LogP contribution in [-0.4, -0.2) is 47.6 Å². The third-order valence-corrected chi connectivity index (χ3v) is 3.97. The van der Waals surface area contributed by atoms with Crippen LogP contribution >= 0.6 is 23.2 Å². The van der Waals surface area contributed by atoms with Gasteiger partial charge in [-0.25, -0.2) is 14.8 Å². The summed E-state index contributed by atoms with van der Waals surface area (Å²) in [5.41, 5.74) is 2.91. The van der Waals surface area contributed by atoms with Crippen molar-refractivity contribution in [1.82, 2.24) is 9.97 Å². The molecule has 2 aromatic rings. The molecule has 1 aliphatic heterocycles. The molecule has 10 heteroatoms. The summed E-state index contributed by atoms with van der Waals surface area (Å²) in [7, 11) is 0. The van der Waals surface area contributed by atoms with Crippen molar-refractivity contribution in [3.8, 4) is 5.75 Å². The van der Waals surface area contributed by atoms with Crippen LogP contribution in [0.15, 0.2) is 23.4 Å². The van der Waals surface area contributed by atoms with Gasteiger partial charge in [-0.15, -0.1) is 0 Å². The van der Waals surface area contributed by atoms with E-state index >= 15 is 0 Å². The number of hydrogen-bond acceptors (Lipinski definition) is 7. The molecule has 0 spiro atoms. The summed E-state index contributed by atoms with van der Waals surface area (Å²) >= 11 is 11.7. The minimum atomic E-state index is -0.518. The standard InChI is InChI=1S/C15H14Cl2FN5O2/c16-10-5-9(13(24)11(17)6-10)7-20-22-15-19-8-12(18)14(21-15)23-1-3-25-4-2-23/h5-8,24H,1-4H2,(H,19,21,22)/b20-7-. The van der Waals surface area contributed by atoms with Crippen molar-refractivity contribution in [2.24, 2.45) is 5.10 Å². The highest BCUT2D eigenvalue weighted by atomic mass is 35.5. The zero-order valence-electron chi connectivity index (χ0n) is 12.9. The van der Waals surface area contributed by atoms with E-state index in [4.69, 9.17) is 27.9 Å². The number of phenols is 1.